The molecule has 2 aromatic carbocycles. The third-order valence-corrected chi connectivity index (χ3v) is 4.04. The summed E-state index contributed by atoms with van der Waals surface area (Å²) in [5.74, 6) is -4.29. The first kappa shape index (κ1) is 15.9. The van der Waals surface area contributed by atoms with Crippen LogP contribution in [-0.2, 0) is 16.0 Å². The number of aliphatic carboxylic acids is 1. The summed E-state index contributed by atoms with van der Waals surface area (Å²) in [5, 5.41) is 9.37. The molecular formula is C18H14FNO4. The first-order valence-electron chi connectivity index (χ1n) is 7.41. The molecule has 2 amide bonds. The molecule has 0 saturated carbocycles. The van der Waals surface area contributed by atoms with Gasteiger partial charge in [-0.15, -0.1) is 0 Å². The molecular weight excluding hydrogens is 313 g/mol. The molecule has 24 heavy (non-hydrogen) atoms. The number of hydrogen-bond donors (Lipinski definition) is 1. The second-order valence-corrected chi connectivity index (χ2v) is 5.53. The predicted octanol–water partition coefficient (Wildman–Crippen LogP) is 2.22. The van der Waals surface area contributed by atoms with Crippen LogP contribution in [0.1, 0.15) is 27.4 Å². The fourth-order valence-electron chi connectivity index (χ4n) is 2.82. The molecule has 1 heterocycles. The second-order valence-electron chi connectivity index (χ2n) is 5.53. The zero-order chi connectivity index (χ0) is 17.3. The Morgan fingerprint density at radius 2 is 1.75 bits per heavy atom. The summed E-state index contributed by atoms with van der Waals surface area (Å²) >= 11 is 0. The van der Waals surface area contributed by atoms with Gasteiger partial charge in [-0.25, -0.2) is 4.39 Å². The largest absolute Gasteiger partial charge is 0.480 e. The van der Waals surface area contributed by atoms with Crippen LogP contribution in [0.5, 0.6) is 0 Å². The van der Waals surface area contributed by atoms with E-state index in [9.17, 15) is 23.9 Å². The van der Waals surface area contributed by atoms with Crippen molar-refractivity contribution in [3.8, 4) is 0 Å². The Labute approximate surface area is 137 Å². The number of nitrogens with zero attached hydrogens (tertiary/aromatic N) is 1. The molecule has 0 bridgehead atoms. The lowest BCUT2D eigenvalue weighted by molar-refractivity contribution is -0.146. The third kappa shape index (κ3) is 2.78. The molecule has 1 unspecified atom stereocenters. The van der Waals surface area contributed by atoms with Gasteiger partial charge in [-0.2, -0.15) is 0 Å². The molecule has 0 saturated heterocycles. The van der Waals surface area contributed by atoms with Crippen LogP contribution in [0.15, 0.2) is 48.5 Å². The van der Waals surface area contributed by atoms with E-state index in [0.717, 1.165) is 10.5 Å². The Morgan fingerprint density at radius 3 is 2.42 bits per heavy atom. The molecule has 0 radical (unpaired) electrons. The van der Waals surface area contributed by atoms with E-state index in [1.54, 1.807) is 24.3 Å². The molecule has 5 nitrogen and oxygen atoms in total. The molecule has 1 atom stereocenters. The van der Waals surface area contributed by atoms with Crippen molar-refractivity contribution in [3.63, 3.8) is 0 Å². The third-order valence-electron chi connectivity index (χ3n) is 4.04. The van der Waals surface area contributed by atoms with Gasteiger partial charge in [0.2, 0.25) is 5.91 Å². The number of rotatable bonds is 4. The van der Waals surface area contributed by atoms with Gasteiger partial charge in [-0.3, -0.25) is 19.3 Å². The number of carbonyl (C=O) groups is 3. The lowest BCUT2D eigenvalue weighted by Crippen LogP contribution is -2.47. The van der Waals surface area contributed by atoms with E-state index >= 15 is 0 Å². The number of carboxylic acids is 1. The van der Waals surface area contributed by atoms with Gasteiger partial charge in [0.1, 0.15) is 5.82 Å². The van der Waals surface area contributed by atoms with Gasteiger partial charge in [0.25, 0.3) is 5.91 Å². The van der Waals surface area contributed by atoms with Gasteiger partial charge in [0, 0.05) is 12.1 Å². The fraction of sp³-hybridized carbons (Fsp3) is 0.167. The summed E-state index contributed by atoms with van der Waals surface area (Å²) in [6, 6.07) is 12.0. The molecule has 2 aromatic rings. The summed E-state index contributed by atoms with van der Waals surface area (Å²) in [4.78, 5) is 37.5. The van der Waals surface area contributed by atoms with Crippen molar-refractivity contribution in [3.05, 3.63) is 71.0 Å². The van der Waals surface area contributed by atoms with Crippen LogP contribution in [0.25, 0.3) is 0 Å². The Morgan fingerprint density at radius 1 is 1.08 bits per heavy atom. The highest BCUT2D eigenvalue weighted by atomic mass is 19.1. The minimum absolute atomic E-state index is 0.0431. The SMILES string of the molecule is O=C(O)C1C(=O)N(CCc2ccc(F)cc2)C(=O)c2ccccc21. The highest BCUT2D eigenvalue weighted by Crippen LogP contribution is 2.29. The number of imide groups is 1. The van der Waals surface area contributed by atoms with Crippen LogP contribution in [0.2, 0.25) is 0 Å². The minimum atomic E-state index is -1.38. The molecule has 3 rings (SSSR count). The molecule has 0 spiro atoms. The monoisotopic (exact) mass is 327 g/mol. The Hall–Kier alpha value is -3.02. The number of carbonyl (C=O) groups excluding carboxylic acids is 2. The number of benzene rings is 2. The number of fused-ring (bicyclic) bond motifs is 1. The van der Waals surface area contributed by atoms with Crippen LogP contribution in [0.3, 0.4) is 0 Å². The molecule has 0 fully saturated rings. The van der Waals surface area contributed by atoms with Crippen LogP contribution in [0.4, 0.5) is 4.39 Å². The number of carboxylic acid groups (broad SMARTS) is 1. The van der Waals surface area contributed by atoms with E-state index in [1.807, 2.05) is 0 Å². The summed E-state index contributed by atoms with van der Waals surface area (Å²) < 4.78 is 12.9. The highest BCUT2D eigenvalue weighted by Gasteiger charge is 2.42. The minimum Gasteiger partial charge on any atom is -0.480 e. The van der Waals surface area contributed by atoms with Gasteiger partial charge < -0.3 is 5.11 Å². The predicted molar refractivity (Wildman–Crippen MR) is 83.0 cm³/mol. The first-order valence-corrected chi connectivity index (χ1v) is 7.41. The normalized spacial score (nSPS) is 16.9. The van der Waals surface area contributed by atoms with Crippen molar-refractivity contribution in [2.24, 2.45) is 0 Å². The Balaban J connectivity index is 1.88. The Bertz CT molecular complexity index is 816. The molecule has 1 N–H and O–H groups in total. The summed E-state index contributed by atoms with van der Waals surface area (Å²) in [7, 11) is 0. The van der Waals surface area contributed by atoms with Crippen LogP contribution >= 0.6 is 0 Å². The summed E-state index contributed by atoms with van der Waals surface area (Å²) in [5.41, 5.74) is 1.20. The standard InChI is InChI=1S/C18H14FNO4/c19-12-7-5-11(6-8-12)9-10-20-16(21)14-4-2-1-3-13(14)15(17(20)22)18(23)24/h1-8,15H,9-10H2,(H,23,24). The lowest BCUT2D eigenvalue weighted by Gasteiger charge is -2.30. The van der Waals surface area contributed by atoms with Crippen LogP contribution in [-0.4, -0.2) is 34.3 Å². The number of halogens is 1. The molecule has 1 aliphatic heterocycles. The van der Waals surface area contributed by atoms with E-state index < -0.39 is 23.7 Å². The zero-order valence-electron chi connectivity index (χ0n) is 12.6. The van der Waals surface area contributed by atoms with Crippen LogP contribution < -0.4 is 0 Å². The van der Waals surface area contributed by atoms with Gasteiger partial charge in [-0.05, 0) is 35.7 Å². The number of hydrogen-bond acceptors (Lipinski definition) is 3. The van der Waals surface area contributed by atoms with Gasteiger partial charge in [-0.1, -0.05) is 30.3 Å². The summed E-state index contributed by atoms with van der Waals surface area (Å²) in [6.07, 6.45) is 0.326. The molecule has 0 aromatic heterocycles. The fourth-order valence-corrected chi connectivity index (χ4v) is 2.82. The van der Waals surface area contributed by atoms with E-state index in [0.29, 0.717) is 6.42 Å². The van der Waals surface area contributed by atoms with Crippen molar-refractivity contribution in [1.82, 2.24) is 4.90 Å². The quantitative estimate of drug-likeness (QED) is 0.690. The maximum Gasteiger partial charge on any atom is 0.320 e. The van der Waals surface area contributed by atoms with Gasteiger partial charge in [0.15, 0.2) is 5.92 Å². The second kappa shape index (κ2) is 6.23. The molecule has 0 aliphatic carbocycles. The average Bonchev–Trinajstić information content (AvgIpc) is 2.56. The highest BCUT2D eigenvalue weighted by molar-refractivity contribution is 6.17. The molecule has 122 valence electrons. The maximum absolute atomic E-state index is 12.9. The molecule has 6 heteroatoms. The van der Waals surface area contributed by atoms with Gasteiger partial charge in [0.05, 0.1) is 0 Å². The summed E-state index contributed by atoms with van der Waals surface area (Å²) in [6.45, 7) is 0.0431. The first-order chi connectivity index (χ1) is 11.5. The average molecular weight is 327 g/mol. The molecule has 1 aliphatic rings. The van der Waals surface area contributed by atoms with Crippen molar-refractivity contribution in [2.75, 3.05) is 6.54 Å². The van der Waals surface area contributed by atoms with Gasteiger partial charge >= 0.3 is 5.97 Å². The van der Waals surface area contributed by atoms with Crippen molar-refractivity contribution in [2.45, 2.75) is 12.3 Å². The Kier molecular flexibility index (Phi) is 4.12. The van der Waals surface area contributed by atoms with E-state index in [1.165, 1.54) is 24.3 Å². The van der Waals surface area contributed by atoms with E-state index in [-0.39, 0.29) is 23.5 Å². The topological polar surface area (TPSA) is 74.7 Å². The number of amides is 2. The lowest BCUT2D eigenvalue weighted by atomic mass is 9.88. The van der Waals surface area contributed by atoms with E-state index in [2.05, 4.69) is 0 Å². The zero-order valence-corrected chi connectivity index (χ0v) is 12.6. The van der Waals surface area contributed by atoms with Crippen LogP contribution in [0, 0.1) is 5.82 Å². The van der Waals surface area contributed by atoms with E-state index in [4.69, 9.17) is 0 Å². The van der Waals surface area contributed by atoms with Crippen molar-refractivity contribution in [1.29, 1.82) is 0 Å². The smallest absolute Gasteiger partial charge is 0.320 e. The van der Waals surface area contributed by atoms with Crippen molar-refractivity contribution < 1.29 is 23.9 Å². The van der Waals surface area contributed by atoms with Crippen molar-refractivity contribution >= 4 is 17.8 Å². The maximum atomic E-state index is 12.9.